The van der Waals surface area contributed by atoms with Gasteiger partial charge in [-0.1, -0.05) is 0 Å². The number of rotatable bonds is 9. The van der Waals surface area contributed by atoms with E-state index in [0.29, 0.717) is 19.8 Å². The van der Waals surface area contributed by atoms with E-state index in [1.165, 1.54) is 0 Å². The van der Waals surface area contributed by atoms with Crippen molar-refractivity contribution in [1.82, 2.24) is 4.90 Å². The molecule has 0 aromatic heterocycles. The average molecular weight is 305 g/mol. The van der Waals surface area contributed by atoms with Gasteiger partial charge in [-0.2, -0.15) is 0 Å². The first-order valence-electron chi connectivity index (χ1n) is 6.88. The molecule has 1 saturated heterocycles. The van der Waals surface area contributed by atoms with Crippen molar-refractivity contribution >= 4 is 11.9 Å². The van der Waals surface area contributed by atoms with Crippen molar-refractivity contribution in [3.63, 3.8) is 0 Å². The Balaban J connectivity index is 2.40. The van der Waals surface area contributed by atoms with E-state index in [2.05, 4.69) is 0 Å². The van der Waals surface area contributed by atoms with Gasteiger partial charge in [0.2, 0.25) is 0 Å². The highest BCUT2D eigenvalue weighted by molar-refractivity contribution is 5.80. The summed E-state index contributed by atoms with van der Waals surface area (Å²) in [6.07, 6.45) is -0.471. The Hall–Kier alpha value is -1.22. The van der Waals surface area contributed by atoms with Crippen LogP contribution in [0, 0.1) is 11.8 Å². The summed E-state index contributed by atoms with van der Waals surface area (Å²) in [6, 6.07) is 0. The van der Waals surface area contributed by atoms with Crippen molar-refractivity contribution in [3.05, 3.63) is 0 Å². The molecule has 0 amide bonds. The van der Waals surface area contributed by atoms with E-state index in [4.69, 9.17) is 19.7 Å². The lowest BCUT2D eigenvalue weighted by molar-refractivity contribution is -0.157. The van der Waals surface area contributed by atoms with Gasteiger partial charge in [0.1, 0.15) is 0 Å². The van der Waals surface area contributed by atoms with Gasteiger partial charge in [-0.25, -0.2) is 0 Å². The number of aliphatic carboxylic acids is 2. The summed E-state index contributed by atoms with van der Waals surface area (Å²) >= 11 is 0. The number of carbonyl (C=O) groups is 2. The predicted octanol–water partition coefficient (Wildman–Crippen LogP) is -0.882. The number of β-amino-alcohol motifs (C(OH)–C–C–N with tert-alkyl or cyclic N) is 1. The first kappa shape index (κ1) is 17.8. The number of aliphatic hydroxyl groups excluding tert-OH is 1. The van der Waals surface area contributed by atoms with E-state index < -0.39 is 29.9 Å². The number of hydrogen-bond acceptors (Lipinski definition) is 6. The summed E-state index contributed by atoms with van der Waals surface area (Å²) in [4.78, 5) is 24.0. The smallest absolute Gasteiger partial charge is 0.308 e. The maximum Gasteiger partial charge on any atom is 0.308 e. The third-order valence-corrected chi connectivity index (χ3v) is 3.54. The van der Waals surface area contributed by atoms with Crippen LogP contribution in [0.25, 0.3) is 0 Å². The molecule has 8 nitrogen and oxygen atoms in total. The lowest BCUT2D eigenvalue weighted by Gasteiger charge is -2.35. The van der Waals surface area contributed by atoms with E-state index in [1.807, 2.05) is 0 Å². The van der Waals surface area contributed by atoms with Gasteiger partial charge in [0.25, 0.3) is 0 Å². The predicted molar refractivity (Wildman–Crippen MR) is 72.0 cm³/mol. The van der Waals surface area contributed by atoms with Gasteiger partial charge >= 0.3 is 11.9 Å². The van der Waals surface area contributed by atoms with Crippen molar-refractivity contribution in [3.8, 4) is 0 Å². The van der Waals surface area contributed by atoms with E-state index in [9.17, 15) is 14.7 Å². The molecular formula is C13H23NO7. The molecular weight excluding hydrogens is 282 g/mol. The van der Waals surface area contributed by atoms with E-state index >= 15 is 0 Å². The molecule has 1 aliphatic heterocycles. The summed E-state index contributed by atoms with van der Waals surface area (Å²) in [5.74, 6) is -4.00. The third kappa shape index (κ3) is 5.96. The fourth-order valence-electron chi connectivity index (χ4n) is 2.44. The molecule has 0 aromatic carbocycles. The van der Waals surface area contributed by atoms with E-state index in [0.717, 1.165) is 0 Å². The molecule has 0 saturated carbocycles. The SMILES string of the molecule is COCCOCC(O)CN1CCC(C(=O)O)C(C(=O)O)C1. The number of methoxy groups -OCH3 is 1. The molecule has 1 heterocycles. The lowest BCUT2D eigenvalue weighted by atomic mass is 9.85. The van der Waals surface area contributed by atoms with E-state index in [-0.39, 0.29) is 26.1 Å². The Morgan fingerprint density at radius 1 is 1.24 bits per heavy atom. The van der Waals surface area contributed by atoms with Gasteiger partial charge < -0.3 is 24.8 Å². The van der Waals surface area contributed by atoms with Crippen LogP contribution in [-0.4, -0.2) is 84.8 Å². The van der Waals surface area contributed by atoms with Crippen LogP contribution in [0.1, 0.15) is 6.42 Å². The van der Waals surface area contributed by atoms with Crippen LogP contribution in [-0.2, 0) is 19.1 Å². The number of carboxylic acid groups (broad SMARTS) is 2. The van der Waals surface area contributed by atoms with E-state index in [1.54, 1.807) is 12.0 Å². The summed E-state index contributed by atoms with van der Waals surface area (Å²) < 4.78 is 10.0. The first-order valence-corrected chi connectivity index (χ1v) is 6.88. The van der Waals surface area contributed by atoms with Crippen molar-refractivity contribution in [2.45, 2.75) is 12.5 Å². The van der Waals surface area contributed by atoms with Gasteiger partial charge in [-0.05, 0) is 13.0 Å². The molecule has 21 heavy (non-hydrogen) atoms. The molecule has 0 aromatic rings. The van der Waals surface area contributed by atoms with Gasteiger partial charge in [0.05, 0.1) is 37.8 Å². The third-order valence-electron chi connectivity index (χ3n) is 3.54. The number of ether oxygens (including phenoxy) is 2. The zero-order valence-corrected chi connectivity index (χ0v) is 12.1. The number of aliphatic hydroxyl groups is 1. The largest absolute Gasteiger partial charge is 0.481 e. The standard InChI is InChI=1S/C13H23NO7/c1-20-4-5-21-8-9(15)6-14-3-2-10(12(16)17)11(7-14)13(18)19/h9-11,15H,2-8H2,1H3,(H,16,17)(H,18,19). The highest BCUT2D eigenvalue weighted by Crippen LogP contribution is 2.24. The minimum atomic E-state index is -1.11. The fraction of sp³-hybridized carbons (Fsp3) is 0.846. The summed E-state index contributed by atoms with van der Waals surface area (Å²) in [5.41, 5.74) is 0. The van der Waals surface area contributed by atoms with Gasteiger partial charge in [-0.15, -0.1) is 0 Å². The highest BCUT2D eigenvalue weighted by atomic mass is 16.5. The summed E-state index contributed by atoms with van der Waals surface area (Å²) in [5, 5.41) is 28.0. The van der Waals surface area contributed by atoms with Crippen LogP contribution in [0.5, 0.6) is 0 Å². The number of nitrogens with zero attached hydrogens (tertiary/aromatic N) is 1. The molecule has 3 unspecified atom stereocenters. The molecule has 0 radical (unpaired) electrons. The molecule has 122 valence electrons. The lowest BCUT2D eigenvalue weighted by Crippen LogP contribution is -2.49. The second-order valence-corrected chi connectivity index (χ2v) is 5.16. The van der Waals surface area contributed by atoms with Gasteiger partial charge in [-0.3, -0.25) is 14.5 Å². The van der Waals surface area contributed by atoms with Crippen molar-refractivity contribution < 1.29 is 34.4 Å². The number of likely N-dealkylation sites (tertiary alicyclic amines) is 1. The maximum atomic E-state index is 11.2. The minimum Gasteiger partial charge on any atom is -0.481 e. The molecule has 0 bridgehead atoms. The van der Waals surface area contributed by atoms with Crippen LogP contribution >= 0.6 is 0 Å². The second kappa shape index (κ2) is 8.93. The normalized spacial score (nSPS) is 24.7. The van der Waals surface area contributed by atoms with Crippen LogP contribution in [0.2, 0.25) is 0 Å². The maximum absolute atomic E-state index is 11.2. The molecule has 0 aliphatic carbocycles. The second-order valence-electron chi connectivity index (χ2n) is 5.16. The first-order chi connectivity index (χ1) is 9.95. The zero-order chi connectivity index (χ0) is 15.8. The Morgan fingerprint density at radius 2 is 1.90 bits per heavy atom. The minimum absolute atomic E-state index is 0.126. The summed E-state index contributed by atoms with van der Waals surface area (Å²) in [7, 11) is 1.55. The average Bonchev–Trinajstić information content (AvgIpc) is 2.43. The Labute approximate surface area is 123 Å². The number of piperidine rings is 1. The quantitative estimate of drug-likeness (QED) is 0.470. The number of hydrogen-bond donors (Lipinski definition) is 3. The monoisotopic (exact) mass is 305 g/mol. The summed E-state index contributed by atoms with van der Waals surface area (Å²) in [6.45, 7) is 1.81. The topological polar surface area (TPSA) is 117 Å². The molecule has 1 aliphatic rings. The Bertz CT molecular complexity index is 349. The Kier molecular flexibility index (Phi) is 7.58. The molecule has 3 N–H and O–H groups in total. The van der Waals surface area contributed by atoms with Crippen molar-refractivity contribution in [2.75, 3.05) is 46.6 Å². The van der Waals surface area contributed by atoms with Crippen LogP contribution < -0.4 is 0 Å². The molecule has 1 fully saturated rings. The fourth-order valence-corrected chi connectivity index (χ4v) is 2.44. The number of carboxylic acids is 2. The molecule has 0 spiro atoms. The highest BCUT2D eigenvalue weighted by Gasteiger charge is 2.38. The van der Waals surface area contributed by atoms with Crippen LogP contribution in [0.3, 0.4) is 0 Å². The van der Waals surface area contributed by atoms with Crippen molar-refractivity contribution in [1.29, 1.82) is 0 Å². The van der Waals surface area contributed by atoms with Crippen molar-refractivity contribution in [2.24, 2.45) is 11.8 Å². The van der Waals surface area contributed by atoms with Crippen LogP contribution in [0.15, 0.2) is 0 Å². The van der Waals surface area contributed by atoms with Gasteiger partial charge in [0.15, 0.2) is 0 Å². The zero-order valence-electron chi connectivity index (χ0n) is 12.1. The Morgan fingerprint density at radius 3 is 2.48 bits per heavy atom. The van der Waals surface area contributed by atoms with Gasteiger partial charge in [0, 0.05) is 20.2 Å². The molecule has 1 rings (SSSR count). The molecule has 3 atom stereocenters. The molecule has 8 heteroatoms. The van der Waals surface area contributed by atoms with Crippen LogP contribution in [0.4, 0.5) is 0 Å².